The maximum Gasteiger partial charge on any atom is 0.737 e. The number of esters is 1. The average molecular weight is 326 g/mol. The fourth-order valence-electron chi connectivity index (χ4n) is 3.21. The maximum absolute atomic E-state index is 14.7. The van der Waals surface area contributed by atoms with Crippen molar-refractivity contribution in [3.8, 4) is 0 Å². The SMILES string of the molecule is COC(=O)c1ccc(C2=C3C=CC=[N+]3[B-](F)(F)n3cccc32)cc1. The van der Waals surface area contributed by atoms with Crippen LogP contribution < -0.4 is 0 Å². The van der Waals surface area contributed by atoms with E-state index < -0.39 is 12.9 Å². The zero-order valence-electron chi connectivity index (χ0n) is 12.8. The minimum atomic E-state index is -3.90. The van der Waals surface area contributed by atoms with E-state index in [9.17, 15) is 13.4 Å². The summed E-state index contributed by atoms with van der Waals surface area (Å²) in [5.74, 6) is -0.434. The molecular formula is C17H13BF2N2O2. The van der Waals surface area contributed by atoms with E-state index in [0.717, 1.165) is 14.5 Å². The first-order valence-corrected chi connectivity index (χ1v) is 7.46. The van der Waals surface area contributed by atoms with Crippen molar-refractivity contribution < 1.29 is 22.6 Å². The number of hydrogen-bond donors (Lipinski definition) is 0. The summed E-state index contributed by atoms with van der Waals surface area (Å²) in [7, 11) is 1.32. The smallest absolute Gasteiger partial charge is 0.465 e. The van der Waals surface area contributed by atoms with Crippen LogP contribution in [0, 0.1) is 0 Å². The highest BCUT2D eigenvalue weighted by Crippen LogP contribution is 2.38. The molecule has 120 valence electrons. The number of carbonyl (C=O) groups is 1. The second-order valence-corrected chi connectivity index (χ2v) is 5.63. The molecule has 0 bridgehead atoms. The molecule has 3 heterocycles. The van der Waals surface area contributed by atoms with Crippen LogP contribution >= 0.6 is 0 Å². The predicted molar refractivity (Wildman–Crippen MR) is 87.1 cm³/mol. The number of aromatic nitrogens is 1. The van der Waals surface area contributed by atoms with Crippen molar-refractivity contribution in [2.75, 3.05) is 7.11 Å². The number of halogens is 2. The maximum atomic E-state index is 14.7. The summed E-state index contributed by atoms with van der Waals surface area (Å²) in [6.07, 6.45) is 6.07. The van der Waals surface area contributed by atoms with Crippen molar-refractivity contribution in [2.45, 2.75) is 0 Å². The fourth-order valence-corrected chi connectivity index (χ4v) is 3.21. The second kappa shape index (κ2) is 5.02. The molecular weight excluding hydrogens is 313 g/mol. The molecule has 1 aromatic carbocycles. The summed E-state index contributed by atoms with van der Waals surface area (Å²) in [5.41, 5.74) is 2.79. The molecule has 1 aromatic heterocycles. The van der Waals surface area contributed by atoms with Gasteiger partial charge in [0, 0.05) is 17.8 Å². The fraction of sp³-hybridized carbons (Fsp3) is 0.0588. The molecule has 0 aliphatic carbocycles. The molecule has 7 heteroatoms. The van der Waals surface area contributed by atoms with Gasteiger partial charge in [-0.25, -0.2) is 4.79 Å². The van der Waals surface area contributed by atoms with Gasteiger partial charge in [0.05, 0.1) is 18.2 Å². The highest BCUT2D eigenvalue weighted by atomic mass is 19.2. The van der Waals surface area contributed by atoms with Crippen LogP contribution in [0.25, 0.3) is 5.57 Å². The van der Waals surface area contributed by atoms with E-state index in [1.165, 1.54) is 19.5 Å². The van der Waals surface area contributed by atoms with Crippen molar-refractivity contribution in [3.05, 3.63) is 77.3 Å². The van der Waals surface area contributed by atoms with Gasteiger partial charge in [0.2, 0.25) is 0 Å². The van der Waals surface area contributed by atoms with Crippen LogP contribution in [0.2, 0.25) is 0 Å². The molecule has 4 nitrogen and oxygen atoms in total. The second-order valence-electron chi connectivity index (χ2n) is 5.63. The third-order valence-electron chi connectivity index (χ3n) is 4.33. The molecule has 2 aliphatic heterocycles. The molecule has 0 N–H and O–H groups in total. The van der Waals surface area contributed by atoms with Gasteiger partial charge >= 0.3 is 12.9 Å². The molecule has 0 radical (unpaired) electrons. The topological polar surface area (TPSA) is 34.2 Å². The predicted octanol–water partition coefficient (Wildman–Crippen LogP) is 2.92. The van der Waals surface area contributed by atoms with Crippen LogP contribution in [0.4, 0.5) is 8.63 Å². The Morgan fingerprint density at radius 2 is 1.96 bits per heavy atom. The number of fused-ring (bicyclic) bond motifs is 2. The van der Waals surface area contributed by atoms with Gasteiger partial charge in [-0.3, -0.25) is 0 Å². The molecule has 0 saturated carbocycles. The Morgan fingerprint density at radius 3 is 2.67 bits per heavy atom. The highest BCUT2D eigenvalue weighted by molar-refractivity contribution is 6.57. The monoisotopic (exact) mass is 326 g/mol. The summed E-state index contributed by atoms with van der Waals surface area (Å²) < 4.78 is 36.1. The van der Waals surface area contributed by atoms with Crippen LogP contribution in [0.5, 0.6) is 0 Å². The largest absolute Gasteiger partial charge is 0.737 e. The molecule has 0 atom stereocenters. The number of hydrogen-bond acceptors (Lipinski definition) is 2. The van der Waals surface area contributed by atoms with E-state index in [1.807, 2.05) is 0 Å². The molecule has 0 fully saturated rings. The van der Waals surface area contributed by atoms with Crippen molar-refractivity contribution in [1.29, 1.82) is 0 Å². The third-order valence-corrected chi connectivity index (χ3v) is 4.33. The van der Waals surface area contributed by atoms with Gasteiger partial charge < -0.3 is 22.3 Å². The van der Waals surface area contributed by atoms with Gasteiger partial charge in [-0.15, -0.1) is 0 Å². The minimum absolute atomic E-state index is 0.415. The lowest BCUT2D eigenvalue weighted by Gasteiger charge is -2.30. The number of benzene rings is 1. The van der Waals surface area contributed by atoms with E-state index in [4.69, 9.17) is 0 Å². The summed E-state index contributed by atoms with van der Waals surface area (Å²) >= 11 is 0. The van der Waals surface area contributed by atoms with Crippen LogP contribution in [0.3, 0.4) is 0 Å². The normalized spacial score (nSPS) is 17.4. The van der Waals surface area contributed by atoms with E-state index in [-0.39, 0.29) is 0 Å². The number of allylic oxidation sites excluding steroid dienone is 2. The van der Waals surface area contributed by atoms with Crippen LogP contribution in [-0.2, 0) is 4.74 Å². The first-order valence-electron chi connectivity index (χ1n) is 7.46. The van der Waals surface area contributed by atoms with E-state index in [1.54, 1.807) is 48.6 Å². The molecule has 0 amide bonds. The Kier molecular flexibility index (Phi) is 3.06. The number of methoxy groups -OCH3 is 1. The number of ether oxygens (including phenoxy) is 1. The van der Waals surface area contributed by atoms with Gasteiger partial charge in [-0.1, -0.05) is 12.1 Å². The lowest BCUT2D eigenvalue weighted by atomic mass is 9.86. The third kappa shape index (κ3) is 1.91. The van der Waals surface area contributed by atoms with Crippen LogP contribution in [-0.4, -0.2) is 35.2 Å². The Labute approximate surface area is 137 Å². The Balaban J connectivity index is 1.90. The lowest BCUT2D eigenvalue weighted by Crippen LogP contribution is -2.49. The average Bonchev–Trinajstić information content (AvgIpc) is 3.25. The summed E-state index contributed by atoms with van der Waals surface area (Å²) in [5, 5.41) is 0. The molecule has 2 aromatic rings. The van der Waals surface area contributed by atoms with Crippen molar-refractivity contribution in [1.82, 2.24) is 4.48 Å². The van der Waals surface area contributed by atoms with Gasteiger partial charge in [0.15, 0.2) is 5.70 Å². The zero-order valence-corrected chi connectivity index (χ0v) is 12.8. The molecule has 2 aliphatic rings. The Bertz CT molecular complexity index is 940. The van der Waals surface area contributed by atoms with Crippen molar-refractivity contribution in [2.24, 2.45) is 0 Å². The first-order chi connectivity index (χ1) is 11.5. The van der Waals surface area contributed by atoms with E-state index in [0.29, 0.717) is 22.5 Å². The van der Waals surface area contributed by atoms with E-state index in [2.05, 4.69) is 4.74 Å². The van der Waals surface area contributed by atoms with Crippen LogP contribution in [0.1, 0.15) is 21.6 Å². The summed E-state index contributed by atoms with van der Waals surface area (Å²) in [6, 6.07) is 10.0. The first kappa shape index (κ1) is 14.6. The molecule has 0 saturated heterocycles. The van der Waals surface area contributed by atoms with Crippen molar-refractivity contribution in [3.63, 3.8) is 0 Å². The standard InChI is InChI=1S/C17H13BF2N2O2/c1-24-17(23)13-8-6-12(7-9-13)16-14-4-2-10-21(14)18(19,20)22-11-3-5-15(16)22/h2-11H,1H3. The molecule has 0 spiro atoms. The quantitative estimate of drug-likeness (QED) is 0.628. The van der Waals surface area contributed by atoms with Gasteiger partial charge in [0.25, 0.3) is 0 Å². The van der Waals surface area contributed by atoms with E-state index >= 15 is 0 Å². The van der Waals surface area contributed by atoms with Crippen molar-refractivity contribution >= 4 is 24.7 Å². The number of nitrogens with zero attached hydrogens (tertiary/aromatic N) is 2. The Morgan fingerprint density at radius 1 is 1.21 bits per heavy atom. The molecule has 24 heavy (non-hydrogen) atoms. The zero-order chi connectivity index (χ0) is 16.9. The number of carbonyl (C=O) groups excluding carboxylic acids is 1. The minimum Gasteiger partial charge on any atom is -0.465 e. The van der Waals surface area contributed by atoms with Crippen LogP contribution in [0.15, 0.2) is 60.4 Å². The molecule has 4 rings (SSSR count). The molecule has 0 unspecified atom stereocenters. The lowest BCUT2D eigenvalue weighted by molar-refractivity contribution is -0.356. The Hall–Kier alpha value is -2.96. The summed E-state index contributed by atoms with van der Waals surface area (Å²) in [6.45, 7) is -3.90. The highest BCUT2D eigenvalue weighted by Gasteiger charge is 2.51. The summed E-state index contributed by atoms with van der Waals surface area (Å²) in [4.78, 5) is 11.6. The number of rotatable bonds is 2. The van der Waals surface area contributed by atoms with Gasteiger partial charge in [-0.2, -0.15) is 0 Å². The van der Waals surface area contributed by atoms with Gasteiger partial charge in [-0.05, 0) is 36.0 Å². The van der Waals surface area contributed by atoms with Gasteiger partial charge in [0.1, 0.15) is 6.21 Å².